The second-order valence-corrected chi connectivity index (χ2v) is 0. The summed E-state index contributed by atoms with van der Waals surface area (Å²) in [4.78, 5) is 0. The molecule has 0 aromatic rings. The van der Waals surface area contributed by atoms with Gasteiger partial charge in [0.05, 0.1) is 0 Å². The summed E-state index contributed by atoms with van der Waals surface area (Å²) in [6.07, 6.45) is 0. The molecule has 0 rings (SSSR count). The van der Waals surface area contributed by atoms with Crippen molar-refractivity contribution in [3.8, 4) is 0 Å². The van der Waals surface area contributed by atoms with Crippen molar-refractivity contribution in [2.24, 2.45) is 0 Å². The van der Waals surface area contributed by atoms with Gasteiger partial charge in [0.1, 0.15) is 0 Å². The summed E-state index contributed by atoms with van der Waals surface area (Å²) in [5.74, 6) is 0. The topological polar surface area (TPSA) is 17.1 Å². The molecular weight excluding hydrogens is 188 g/mol. The van der Waals surface area contributed by atoms with Gasteiger partial charge in [0.15, 0.2) is 0 Å². The zero-order valence-electron chi connectivity index (χ0n) is 3.56. The number of rotatable bonds is 0. The molecule has 0 aromatic heterocycles. The van der Waals surface area contributed by atoms with Crippen molar-refractivity contribution in [1.29, 1.82) is 0 Å². The third-order valence-electron chi connectivity index (χ3n) is 0. The van der Waals surface area contributed by atoms with Gasteiger partial charge in [-0.1, -0.05) is 0 Å². The summed E-state index contributed by atoms with van der Waals surface area (Å²) >= 11 is 0.750. The molecule has 0 spiro atoms. The predicted octanol–water partition coefficient (Wildman–Crippen LogP) is -3.01. The Bertz CT molecular complexity index is 15.5. The van der Waals surface area contributed by atoms with Gasteiger partial charge in [-0.15, -0.1) is 0 Å². The predicted molar refractivity (Wildman–Crippen MR) is 1.80 cm³/mol. The Morgan fingerprint density at radius 3 is 1.40 bits per heavy atom. The summed E-state index contributed by atoms with van der Waals surface area (Å²) in [6, 6.07) is 0. The van der Waals surface area contributed by atoms with E-state index in [0.717, 1.165) is 20.4 Å². The van der Waals surface area contributed by atoms with Crippen molar-refractivity contribution in [2.45, 2.75) is 0 Å². The van der Waals surface area contributed by atoms with Crippen LogP contribution in [0.5, 0.6) is 0 Å². The molecule has 1 nitrogen and oxygen atoms in total. The average Bonchev–Trinajstić information content (AvgIpc) is 1.00. The van der Waals surface area contributed by atoms with Gasteiger partial charge in [0.2, 0.25) is 0 Å². The molecule has 0 heterocycles. The second-order valence-electron chi connectivity index (χ2n) is 0. The van der Waals surface area contributed by atoms with Crippen LogP contribution in [0.2, 0.25) is 0 Å². The first-order valence-electron chi connectivity index (χ1n) is 0.204. The van der Waals surface area contributed by atoms with E-state index in [9.17, 15) is 0 Å². The van der Waals surface area contributed by atoms with E-state index in [1.165, 1.54) is 0 Å². The summed E-state index contributed by atoms with van der Waals surface area (Å²) in [5, 5.41) is 0. The van der Waals surface area contributed by atoms with Crippen molar-refractivity contribution >= 4 is 0 Å². The third-order valence-corrected chi connectivity index (χ3v) is 0. The molecule has 0 bridgehead atoms. The van der Waals surface area contributed by atoms with E-state index >= 15 is 0 Å². The van der Waals surface area contributed by atoms with Crippen LogP contribution >= 0.6 is 0 Å². The summed E-state index contributed by atoms with van der Waals surface area (Å²) in [5.41, 5.74) is 0. The van der Waals surface area contributed by atoms with Gasteiger partial charge >= 0.3 is 42.6 Å². The van der Waals surface area contributed by atoms with Crippen molar-refractivity contribution in [3.63, 3.8) is 0 Å². The van der Waals surface area contributed by atoms with E-state index < -0.39 is 0 Å². The quantitative estimate of drug-likeness (QED) is 0.371. The number of hydrogen-bond donors (Lipinski definition) is 0. The molecule has 0 atom stereocenters. The molecule has 5 heteroatoms. The van der Waals surface area contributed by atoms with Crippen LogP contribution in [0.15, 0.2) is 0 Å². The van der Waals surface area contributed by atoms with Gasteiger partial charge in [0, 0.05) is 33.3 Å². The average molecular weight is 189 g/mol. The standard InChI is InChI=1S/Co.Li.Ni.O.Ti.H/q;+1;;;;-1. The molecule has 0 aliphatic carbocycles. The maximum absolute atomic E-state index is 8.25. The van der Waals surface area contributed by atoms with Gasteiger partial charge in [-0.25, -0.2) is 0 Å². The molecule has 0 aliphatic rings. The van der Waals surface area contributed by atoms with E-state index in [1.807, 2.05) is 0 Å². The molecule has 0 unspecified atom stereocenters. The van der Waals surface area contributed by atoms with Crippen LogP contribution < -0.4 is 18.9 Å². The Hall–Kier alpha value is 2.11. The molecule has 0 N–H and O–H groups in total. The van der Waals surface area contributed by atoms with Crippen LogP contribution in [-0.2, 0) is 57.0 Å². The minimum absolute atomic E-state index is 0. The van der Waals surface area contributed by atoms with Crippen LogP contribution in [-0.4, -0.2) is 0 Å². The van der Waals surface area contributed by atoms with E-state index in [0.29, 0.717) is 0 Å². The fourth-order valence-electron chi connectivity index (χ4n) is 0. The zero-order valence-corrected chi connectivity index (χ0v) is 6.15. The fraction of sp³-hybridized carbons (Fsp3) is 0. The van der Waals surface area contributed by atoms with Crippen LogP contribution in [0, 0.1) is 0 Å². The van der Waals surface area contributed by atoms with E-state index in [-0.39, 0.29) is 53.6 Å². The summed E-state index contributed by atoms with van der Waals surface area (Å²) in [7, 11) is 0. The molecule has 0 amide bonds. The van der Waals surface area contributed by atoms with E-state index in [4.69, 9.17) is 3.32 Å². The van der Waals surface area contributed by atoms with Crippen molar-refractivity contribution in [2.75, 3.05) is 0 Å². The molecule has 31 valence electrons. The number of hydrogen-bond acceptors (Lipinski definition) is 1. The molecule has 0 fully saturated rings. The van der Waals surface area contributed by atoms with Crippen LogP contribution in [0.4, 0.5) is 0 Å². The van der Waals surface area contributed by atoms with Gasteiger partial charge in [0.25, 0.3) is 0 Å². The van der Waals surface area contributed by atoms with Crippen molar-refractivity contribution < 1.29 is 77.3 Å². The third kappa shape index (κ3) is 23.2. The monoisotopic (exact) mass is 189 g/mol. The normalized spacial score (nSPS) is 0.600. The Morgan fingerprint density at radius 1 is 1.40 bits per heavy atom. The van der Waals surface area contributed by atoms with E-state index in [1.54, 1.807) is 0 Å². The first-order valence-corrected chi connectivity index (χ1v) is 0.842. The van der Waals surface area contributed by atoms with Crippen molar-refractivity contribution in [3.05, 3.63) is 0 Å². The molecule has 5 heavy (non-hydrogen) atoms. The fourth-order valence-corrected chi connectivity index (χ4v) is 0. The summed E-state index contributed by atoms with van der Waals surface area (Å²) in [6.45, 7) is 0. The van der Waals surface area contributed by atoms with Crippen LogP contribution in [0.1, 0.15) is 1.43 Å². The van der Waals surface area contributed by atoms with Crippen molar-refractivity contribution in [1.82, 2.24) is 0 Å². The van der Waals surface area contributed by atoms with Crippen LogP contribution in [0.3, 0.4) is 0 Å². The SMILES string of the molecule is [Co].[H-].[Li+].[Ni].[O]=[Ti]. The Kier molecular flexibility index (Phi) is 197. The van der Waals surface area contributed by atoms with Crippen LogP contribution in [0.25, 0.3) is 0 Å². The zero-order chi connectivity index (χ0) is 2.00. The van der Waals surface area contributed by atoms with Gasteiger partial charge in [-0.2, -0.15) is 0 Å². The molecule has 0 saturated carbocycles. The summed E-state index contributed by atoms with van der Waals surface area (Å²) < 4.78 is 8.25. The van der Waals surface area contributed by atoms with E-state index in [2.05, 4.69) is 0 Å². The minimum atomic E-state index is 0. The molecule has 0 saturated heterocycles. The maximum atomic E-state index is 8.25. The Labute approximate surface area is 76.5 Å². The molecule has 1 radical (unpaired) electrons. The molecule has 0 aliphatic heterocycles. The molecule has 0 aromatic carbocycles. The Balaban J connectivity index is -0.000000000833. The first kappa shape index (κ1) is 27.4. The molecular formula is HCoLiNiOTi. The first-order chi connectivity index (χ1) is 1.00. The second kappa shape index (κ2) is 35.8. The van der Waals surface area contributed by atoms with Gasteiger partial charge in [-0.3, -0.25) is 0 Å². The van der Waals surface area contributed by atoms with Gasteiger partial charge in [-0.05, 0) is 0 Å². The Morgan fingerprint density at radius 2 is 1.40 bits per heavy atom. The van der Waals surface area contributed by atoms with Gasteiger partial charge < -0.3 is 1.43 Å².